The van der Waals surface area contributed by atoms with E-state index in [2.05, 4.69) is 14.8 Å². The number of carbonyl (C=O) groups excluding carboxylic acids is 1. The van der Waals surface area contributed by atoms with Gasteiger partial charge in [-0.15, -0.1) is 0 Å². The highest BCUT2D eigenvalue weighted by Gasteiger charge is 2.90. The molecule has 7 atom stereocenters. The first kappa shape index (κ1) is 31.9. The van der Waals surface area contributed by atoms with Gasteiger partial charge in [0.15, 0.2) is 23.9 Å². The fourth-order valence-electron chi connectivity index (χ4n) is 4.46. The molecule has 4 N–H and O–H groups in total. The third-order valence-corrected chi connectivity index (χ3v) is 7.85. The maximum absolute atomic E-state index is 16.6. The van der Waals surface area contributed by atoms with Crippen molar-refractivity contribution in [3.8, 4) is 6.07 Å². The second-order valence-corrected chi connectivity index (χ2v) is 11.6. The van der Waals surface area contributed by atoms with Crippen molar-refractivity contribution in [1.29, 1.82) is 5.26 Å². The van der Waals surface area contributed by atoms with Gasteiger partial charge in [0.2, 0.25) is 12.4 Å². The van der Waals surface area contributed by atoms with E-state index in [4.69, 9.17) is 38.3 Å². The van der Waals surface area contributed by atoms with Crippen molar-refractivity contribution >= 4 is 25.3 Å². The van der Waals surface area contributed by atoms with Gasteiger partial charge in [-0.25, -0.2) is 27.8 Å². The molecule has 2 aromatic heterocycles. The number of halogens is 1. The summed E-state index contributed by atoms with van der Waals surface area (Å²) in [4.78, 5) is 15.5. The Kier molecular flexibility index (Phi) is 8.82. The van der Waals surface area contributed by atoms with E-state index in [1.165, 1.54) is 12.1 Å². The number of alkyl halides is 1. The number of aliphatic hydroxyl groups excluding tert-OH is 1. The van der Waals surface area contributed by atoms with Gasteiger partial charge < -0.3 is 39.6 Å². The predicted molar refractivity (Wildman–Crippen MR) is 134 cm³/mol. The van der Waals surface area contributed by atoms with Crippen molar-refractivity contribution in [3.05, 3.63) is 24.2 Å². The second-order valence-electron chi connectivity index (χ2n) is 10.0. The van der Waals surface area contributed by atoms with Crippen LogP contribution in [0.3, 0.4) is 0 Å². The summed E-state index contributed by atoms with van der Waals surface area (Å²) in [5, 5.41) is 35.2. The number of nitrogens with two attached hydrogens (primary N) is 1. The molecule has 0 bridgehead atoms. The van der Waals surface area contributed by atoms with Gasteiger partial charge in [0.25, 0.3) is 6.48 Å². The van der Waals surface area contributed by atoms with Gasteiger partial charge in [0.1, 0.15) is 30.1 Å². The van der Waals surface area contributed by atoms with Crippen molar-refractivity contribution in [2.24, 2.45) is 0 Å². The zero-order chi connectivity index (χ0) is 31.1. The summed E-state index contributed by atoms with van der Waals surface area (Å²) >= 11 is 0. The Hall–Kier alpha value is -2.98. The van der Waals surface area contributed by atoms with Crippen molar-refractivity contribution in [2.75, 3.05) is 19.3 Å². The van der Waals surface area contributed by atoms with E-state index in [0.717, 1.165) is 17.8 Å². The Balaban J connectivity index is 1.53. The minimum atomic E-state index is -4.86. The molecule has 42 heavy (non-hydrogen) atoms. The molecule has 1 aliphatic heterocycles. The number of rotatable bonds is 13. The predicted octanol–water partition coefficient (Wildman–Crippen LogP) is 1.62. The molecule has 2 aromatic rings. The zero-order valence-electron chi connectivity index (χ0n) is 23.2. The molecule has 1 saturated heterocycles. The first-order chi connectivity index (χ1) is 19.6. The van der Waals surface area contributed by atoms with Crippen molar-refractivity contribution < 1.29 is 61.2 Å². The Morgan fingerprint density at radius 2 is 1.98 bits per heavy atom. The van der Waals surface area contributed by atoms with Crippen molar-refractivity contribution in [3.63, 3.8) is 0 Å². The molecule has 4 rings (SSSR count). The first-order valence-electron chi connectivity index (χ1n) is 12.6. The van der Waals surface area contributed by atoms with Gasteiger partial charge in [-0.2, -0.15) is 10.4 Å². The molecule has 3 unspecified atom stereocenters. The molecule has 232 valence electrons. The highest BCUT2D eigenvalue weighted by Crippen LogP contribution is 2.69. The topological polar surface area (TPSA) is 228 Å². The summed E-state index contributed by atoms with van der Waals surface area (Å²) in [6, 6.07) is 4.57. The van der Waals surface area contributed by atoms with Crippen molar-refractivity contribution in [2.45, 2.75) is 82.4 Å². The highest BCUT2D eigenvalue weighted by atomic mass is 31.2. The normalized spacial score (nSPS) is 30.6. The highest BCUT2D eigenvalue weighted by molar-refractivity contribution is 7.48. The number of hydrogen-bond donors (Lipinski definition) is 3. The van der Waals surface area contributed by atoms with Crippen LogP contribution in [0.5, 0.6) is 0 Å². The minimum absolute atomic E-state index is 0.0499. The zero-order valence-corrected chi connectivity index (χ0v) is 24.1. The van der Waals surface area contributed by atoms with Gasteiger partial charge in [0, 0.05) is 0 Å². The number of phosphoric acid groups is 1. The number of fused-ring (bicyclic) bond motifs is 2. The lowest BCUT2D eigenvalue weighted by molar-refractivity contribution is -0.295. The van der Waals surface area contributed by atoms with Crippen LogP contribution in [0.4, 0.5) is 15.0 Å². The van der Waals surface area contributed by atoms with Gasteiger partial charge >= 0.3 is 14.0 Å². The van der Waals surface area contributed by atoms with E-state index < -0.39 is 75.3 Å². The summed E-state index contributed by atoms with van der Waals surface area (Å²) in [5.41, 5.74) is -1.87. The summed E-state index contributed by atoms with van der Waals surface area (Å²) in [7, 11) is -4.86. The smallest absolute Gasteiger partial charge is 0.432 e. The van der Waals surface area contributed by atoms with Gasteiger partial charge in [-0.1, -0.05) is 0 Å². The van der Waals surface area contributed by atoms with Crippen LogP contribution in [0.25, 0.3) is 5.52 Å². The van der Waals surface area contributed by atoms with Gasteiger partial charge in [-0.05, 0) is 46.8 Å². The Morgan fingerprint density at radius 1 is 1.29 bits per heavy atom. The van der Waals surface area contributed by atoms with Crippen LogP contribution in [-0.4, -0.2) is 86.7 Å². The number of hydrogen-bond acceptors (Lipinski definition) is 16. The quantitative estimate of drug-likeness (QED) is 0.164. The number of ether oxygens (including phenoxy) is 5. The number of phosphoric ester groups is 1. The van der Waals surface area contributed by atoms with Crippen LogP contribution in [0.1, 0.15) is 40.3 Å². The molecule has 1 saturated carbocycles. The average Bonchev–Trinajstić information content (AvgIpc) is 3.16. The number of nitrogen functional groups attached to an aromatic ring is 1. The maximum Gasteiger partial charge on any atom is 0.510 e. The van der Waals surface area contributed by atoms with E-state index in [0.29, 0.717) is 0 Å². The van der Waals surface area contributed by atoms with Crippen LogP contribution < -0.4 is 5.73 Å². The standard InChI is InChI=1S/C23H31FN5O12P/c1-12(2)38-19(30)34-10-36-42(33,37-11-35-20(31)39-13(3)4)41-17-16-23(17,32)21(5,24)22(8-25,40-16)15-7-6-14-18(26)27-9-28-29(14)15/h6-7,9,12-13,16-17,19,30,32H,10-11H2,1-5H3,(H2,26,27,28)/t16-,17?,19?,21+,22+,23+,42?/m1/s1. The molecule has 0 radical (unpaired) electrons. The Morgan fingerprint density at radius 3 is 2.57 bits per heavy atom. The molecule has 0 spiro atoms. The SMILES string of the molecule is CC(C)OC(=O)OCOP(=O)(OCOC(O)OC(C)C)OC1[C@H]2O[C@@](C#N)(c3ccc4c(N)ncnn34)[C@](C)(F)[C@@]12O. The van der Waals surface area contributed by atoms with Gasteiger partial charge in [0.05, 0.1) is 17.9 Å². The van der Waals surface area contributed by atoms with Crippen LogP contribution in [0.2, 0.25) is 0 Å². The Bertz CT molecular complexity index is 1400. The fraction of sp³-hybridized carbons (Fsp3) is 0.652. The van der Waals surface area contributed by atoms with Crippen LogP contribution in [0.15, 0.2) is 18.5 Å². The monoisotopic (exact) mass is 619 g/mol. The summed E-state index contributed by atoms with van der Waals surface area (Å²) in [6.45, 7) is 3.49. The minimum Gasteiger partial charge on any atom is -0.432 e. The van der Waals surface area contributed by atoms with Gasteiger partial charge in [-0.3, -0.25) is 9.05 Å². The van der Waals surface area contributed by atoms with Crippen LogP contribution in [0, 0.1) is 11.3 Å². The number of aliphatic hydroxyl groups is 2. The van der Waals surface area contributed by atoms with Crippen molar-refractivity contribution in [1.82, 2.24) is 14.6 Å². The fourth-order valence-corrected chi connectivity index (χ4v) is 5.57. The second kappa shape index (κ2) is 11.6. The molecule has 1 aliphatic carbocycles. The molecule has 19 heteroatoms. The molecule has 3 heterocycles. The molecule has 0 amide bonds. The van der Waals surface area contributed by atoms with E-state index >= 15 is 4.39 Å². The van der Waals surface area contributed by atoms with E-state index in [1.54, 1.807) is 33.8 Å². The molecule has 17 nitrogen and oxygen atoms in total. The number of nitriles is 1. The Labute approximate surface area is 238 Å². The summed E-state index contributed by atoms with van der Waals surface area (Å²) in [6.07, 6.45) is -4.31. The number of anilines is 1. The van der Waals surface area contributed by atoms with Crippen LogP contribution >= 0.6 is 7.82 Å². The lowest BCUT2D eigenvalue weighted by Gasteiger charge is -2.36. The first-order valence-corrected chi connectivity index (χ1v) is 14.0. The van der Waals surface area contributed by atoms with E-state index in [9.17, 15) is 24.8 Å². The lowest BCUT2D eigenvalue weighted by Crippen LogP contribution is -2.54. The molecule has 2 aliphatic rings. The largest absolute Gasteiger partial charge is 0.510 e. The maximum atomic E-state index is 16.6. The van der Waals surface area contributed by atoms with Crippen LogP contribution in [-0.2, 0) is 47.4 Å². The van der Waals surface area contributed by atoms with E-state index in [-0.39, 0.29) is 17.0 Å². The number of aromatic nitrogens is 3. The third-order valence-electron chi connectivity index (χ3n) is 6.52. The molecule has 0 aromatic carbocycles. The summed E-state index contributed by atoms with van der Waals surface area (Å²) < 4.78 is 71.6. The third kappa shape index (κ3) is 5.55. The number of nitrogens with zero attached hydrogens (tertiary/aromatic N) is 4. The number of carbonyl (C=O) groups is 1. The molecule has 2 fully saturated rings. The molecular weight excluding hydrogens is 588 g/mol. The average molecular weight is 619 g/mol. The lowest BCUT2D eigenvalue weighted by atomic mass is 9.80. The van der Waals surface area contributed by atoms with E-state index in [1.807, 2.05) is 0 Å². The summed E-state index contributed by atoms with van der Waals surface area (Å²) in [5.74, 6) is 0.0499. The molecular formula is C23H31FN5O12P.